The van der Waals surface area contributed by atoms with Crippen molar-refractivity contribution in [1.82, 2.24) is 0 Å². The van der Waals surface area contributed by atoms with Gasteiger partial charge in [0, 0.05) is 5.37 Å². The van der Waals surface area contributed by atoms with Gasteiger partial charge in [0.1, 0.15) is 0 Å². The molecule has 0 radical (unpaired) electrons. The average molecular weight is 182 g/mol. The van der Waals surface area contributed by atoms with Gasteiger partial charge in [0.05, 0.1) is 11.6 Å². The van der Waals surface area contributed by atoms with E-state index in [2.05, 4.69) is 0 Å². The van der Waals surface area contributed by atoms with Gasteiger partial charge in [-0.1, -0.05) is 29.9 Å². The fraction of sp³-hybridized carbons (Fsp3) is 0.444. The van der Waals surface area contributed by atoms with Crippen molar-refractivity contribution in [3.05, 3.63) is 23.3 Å². The van der Waals surface area contributed by atoms with Crippen LogP contribution in [0.15, 0.2) is 23.3 Å². The van der Waals surface area contributed by atoms with Crippen molar-refractivity contribution in [2.24, 2.45) is 11.5 Å². The van der Waals surface area contributed by atoms with Crippen molar-refractivity contribution in [1.29, 1.82) is 0 Å². The molecule has 0 saturated heterocycles. The van der Waals surface area contributed by atoms with E-state index in [1.165, 1.54) is 0 Å². The first kappa shape index (κ1) is 9.58. The predicted molar refractivity (Wildman–Crippen MR) is 56.1 cm³/mol. The van der Waals surface area contributed by atoms with Crippen LogP contribution in [0.3, 0.4) is 0 Å². The third kappa shape index (κ3) is 1.63. The summed E-state index contributed by atoms with van der Waals surface area (Å²) >= 11 is 4.85. The van der Waals surface area contributed by atoms with Gasteiger partial charge in [0.25, 0.3) is 0 Å². The van der Waals surface area contributed by atoms with Crippen LogP contribution in [0.5, 0.6) is 0 Å². The van der Waals surface area contributed by atoms with Gasteiger partial charge in [-0.15, -0.1) is 0 Å². The molecular formula is C9H14N2S. The Labute approximate surface area is 78.3 Å². The van der Waals surface area contributed by atoms with Gasteiger partial charge in [-0.25, -0.2) is 0 Å². The molecule has 0 aromatic carbocycles. The summed E-state index contributed by atoms with van der Waals surface area (Å²) in [5.74, 6) is 0. The maximum Gasteiger partial charge on any atom is 0.0520 e. The lowest BCUT2D eigenvalue weighted by Gasteiger charge is -2.32. The van der Waals surface area contributed by atoms with Crippen LogP contribution >= 0.6 is 12.2 Å². The predicted octanol–water partition coefficient (Wildman–Crippen LogP) is 0.917. The van der Waals surface area contributed by atoms with Gasteiger partial charge in [-0.2, -0.15) is 0 Å². The van der Waals surface area contributed by atoms with Crippen molar-refractivity contribution < 1.29 is 0 Å². The Morgan fingerprint density at radius 2 is 2.25 bits per heavy atom. The van der Waals surface area contributed by atoms with E-state index in [4.69, 9.17) is 23.7 Å². The Hall–Kier alpha value is -0.510. The molecular weight excluding hydrogens is 168 g/mol. The van der Waals surface area contributed by atoms with Crippen LogP contribution < -0.4 is 11.5 Å². The van der Waals surface area contributed by atoms with E-state index in [0.717, 1.165) is 11.1 Å². The van der Waals surface area contributed by atoms with Crippen molar-refractivity contribution in [2.45, 2.75) is 25.4 Å². The molecule has 0 heterocycles. The zero-order chi connectivity index (χ0) is 9.35. The minimum atomic E-state index is -0.469. The number of hydrogen-bond donors (Lipinski definition) is 2. The first-order valence-corrected chi connectivity index (χ1v) is 4.35. The molecule has 0 aromatic heterocycles. The second-order valence-corrected chi connectivity index (χ2v) is 3.73. The molecule has 3 heteroatoms. The van der Waals surface area contributed by atoms with Crippen molar-refractivity contribution >= 4 is 17.6 Å². The molecule has 0 fully saturated rings. The zero-order valence-corrected chi connectivity index (χ0v) is 8.19. The second kappa shape index (κ2) is 3.09. The van der Waals surface area contributed by atoms with Crippen molar-refractivity contribution in [3.8, 4) is 0 Å². The van der Waals surface area contributed by atoms with E-state index in [1.54, 1.807) is 5.37 Å². The molecule has 12 heavy (non-hydrogen) atoms. The van der Waals surface area contributed by atoms with Crippen LogP contribution in [0.25, 0.3) is 0 Å². The quantitative estimate of drug-likeness (QED) is 0.593. The first-order valence-electron chi connectivity index (χ1n) is 3.88. The molecule has 1 aliphatic carbocycles. The summed E-state index contributed by atoms with van der Waals surface area (Å²) in [6.07, 6.45) is 3.95. The third-order valence-corrected chi connectivity index (χ3v) is 2.37. The molecule has 0 bridgehead atoms. The highest BCUT2D eigenvalue weighted by Crippen LogP contribution is 2.22. The number of thiocarbonyl (C=S) groups is 1. The Kier molecular flexibility index (Phi) is 2.46. The van der Waals surface area contributed by atoms with Crippen LogP contribution in [0.4, 0.5) is 0 Å². The zero-order valence-electron chi connectivity index (χ0n) is 7.37. The van der Waals surface area contributed by atoms with Crippen molar-refractivity contribution in [2.75, 3.05) is 0 Å². The summed E-state index contributed by atoms with van der Waals surface area (Å²) in [6, 6.07) is -0.182. The molecule has 2 nitrogen and oxygen atoms in total. The van der Waals surface area contributed by atoms with E-state index in [1.807, 2.05) is 26.0 Å². The standard InChI is InChI=1S/C9H14N2S/c1-6-3-7(5-12)8(10)9(2,11)4-6/h3-5,8H,10-11H2,1-2H3. The minimum absolute atomic E-state index is 0.182. The Balaban J connectivity index is 3.07. The maximum atomic E-state index is 5.97. The number of allylic oxidation sites excluding steroid dienone is 2. The van der Waals surface area contributed by atoms with Gasteiger partial charge in [0.2, 0.25) is 0 Å². The third-order valence-electron chi connectivity index (χ3n) is 2.10. The normalized spacial score (nSPS) is 35.5. The largest absolute Gasteiger partial charge is 0.322 e. The van der Waals surface area contributed by atoms with E-state index in [9.17, 15) is 0 Å². The fourth-order valence-electron chi connectivity index (χ4n) is 1.44. The van der Waals surface area contributed by atoms with E-state index in [0.29, 0.717) is 0 Å². The highest BCUT2D eigenvalue weighted by molar-refractivity contribution is 7.79. The summed E-state index contributed by atoms with van der Waals surface area (Å²) in [7, 11) is 0. The second-order valence-electron chi connectivity index (χ2n) is 3.49. The van der Waals surface area contributed by atoms with E-state index < -0.39 is 5.54 Å². The van der Waals surface area contributed by atoms with Crippen LogP contribution in [-0.4, -0.2) is 16.9 Å². The van der Waals surface area contributed by atoms with E-state index in [-0.39, 0.29) is 6.04 Å². The minimum Gasteiger partial charge on any atom is -0.322 e. The summed E-state index contributed by atoms with van der Waals surface area (Å²) < 4.78 is 0. The fourth-order valence-corrected chi connectivity index (χ4v) is 1.66. The van der Waals surface area contributed by atoms with Crippen molar-refractivity contribution in [3.63, 3.8) is 0 Å². The smallest absolute Gasteiger partial charge is 0.0520 e. The molecule has 2 atom stereocenters. The lowest BCUT2D eigenvalue weighted by molar-refractivity contribution is 0.503. The Morgan fingerprint density at radius 3 is 2.75 bits per heavy atom. The Bertz CT molecular complexity index is 264. The molecule has 66 valence electrons. The van der Waals surface area contributed by atoms with Gasteiger partial charge < -0.3 is 11.5 Å². The molecule has 0 aromatic rings. The molecule has 1 rings (SSSR count). The SMILES string of the molecule is CC1=CC(C)(N)C(N)C(C=S)=C1. The summed E-state index contributed by atoms with van der Waals surface area (Å²) in [5.41, 5.74) is 13.5. The molecule has 0 saturated carbocycles. The van der Waals surface area contributed by atoms with Crippen LogP contribution in [0.1, 0.15) is 13.8 Å². The molecule has 2 unspecified atom stereocenters. The highest BCUT2D eigenvalue weighted by Gasteiger charge is 2.29. The topological polar surface area (TPSA) is 52.0 Å². The monoisotopic (exact) mass is 182 g/mol. The Morgan fingerprint density at radius 1 is 1.67 bits per heavy atom. The van der Waals surface area contributed by atoms with Gasteiger partial charge >= 0.3 is 0 Å². The lowest BCUT2D eigenvalue weighted by atomic mass is 9.82. The summed E-state index contributed by atoms with van der Waals surface area (Å²) in [5, 5.41) is 1.60. The average Bonchev–Trinajstić information content (AvgIpc) is 1.96. The molecule has 0 spiro atoms. The number of hydrogen-bond acceptors (Lipinski definition) is 3. The lowest BCUT2D eigenvalue weighted by Crippen LogP contribution is -2.54. The van der Waals surface area contributed by atoms with E-state index >= 15 is 0 Å². The molecule has 4 N–H and O–H groups in total. The number of rotatable bonds is 1. The van der Waals surface area contributed by atoms with Gasteiger partial charge in [-0.3, -0.25) is 0 Å². The maximum absolute atomic E-state index is 5.97. The van der Waals surface area contributed by atoms with Gasteiger partial charge in [-0.05, 0) is 19.4 Å². The number of nitrogens with two attached hydrogens (primary N) is 2. The molecule has 0 amide bonds. The van der Waals surface area contributed by atoms with Gasteiger partial charge in [0.15, 0.2) is 0 Å². The molecule has 1 aliphatic rings. The van der Waals surface area contributed by atoms with Crippen LogP contribution in [-0.2, 0) is 0 Å². The molecule has 0 aliphatic heterocycles. The highest BCUT2D eigenvalue weighted by atomic mass is 32.1. The van der Waals surface area contributed by atoms with Crippen LogP contribution in [0, 0.1) is 0 Å². The van der Waals surface area contributed by atoms with Crippen LogP contribution in [0.2, 0.25) is 0 Å². The summed E-state index contributed by atoms with van der Waals surface area (Å²) in [4.78, 5) is 0. The summed E-state index contributed by atoms with van der Waals surface area (Å²) in [6.45, 7) is 3.91. The first-order chi connectivity index (χ1) is 5.47.